The molecule has 0 aliphatic rings. The molecule has 1 rings (SSSR count). The van der Waals surface area contributed by atoms with Crippen molar-refractivity contribution in [2.75, 3.05) is 13.7 Å². The first-order valence-corrected chi connectivity index (χ1v) is 8.07. The van der Waals surface area contributed by atoms with Gasteiger partial charge in [-0.15, -0.1) is 0 Å². The SMILES string of the molecule is COC(=O)C=CC(=O)OC(=O)NCC(O)c1ccc(OC(C)=O)c(OC(C)=O)c1. The highest BCUT2D eigenvalue weighted by Gasteiger charge is 2.17. The first-order chi connectivity index (χ1) is 13.6. The Hall–Kier alpha value is -3.73. The predicted molar refractivity (Wildman–Crippen MR) is 94.7 cm³/mol. The van der Waals surface area contributed by atoms with Gasteiger partial charge in [0.1, 0.15) is 0 Å². The van der Waals surface area contributed by atoms with Crippen LogP contribution in [0.4, 0.5) is 4.79 Å². The Balaban J connectivity index is 2.72. The maximum Gasteiger partial charge on any atom is 0.415 e. The van der Waals surface area contributed by atoms with E-state index in [9.17, 15) is 29.1 Å². The maximum atomic E-state index is 11.5. The molecule has 0 saturated heterocycles. The number of alkyl carbamates (subject to hydrolysis) is 1. The van der Waals surface area contributed by atoms with E-state index in [0.717, 1.165) is 27.0 Å². The van der Waals surface area contributed by atoms with Crippen molar-refractivity contribution in [2.45, 2.75) is 20.0 Å². The molecule has 1 atom stereocenters. The number of aliphatic hydroxyl groups is 1. The van der Waals surface area contributed by atoms with Gasteiger partial charge in [-0.3, -0.25) is 9.59 Å². The summed E-state index contributed by atoms with van der Waals surface area (Å²) in [7, 11) is 1.11. The molecule has 1 amide bonds. The minimum absolute atomic E-state index is 0.0287. The van der Waals surface area contributed by atoms with Crippen LogP contribution in [0.15, 0.2) is 30.4 Å². The summed E-state index contributed by atoms with van der Waals surface area (Å²) >= 11 is 0. The molecule has 2 N–H and O–H groups in total. The summed E-state index contributed by atoms with van der Waals surface area (Å²) in [6.45, 7) is 1.95. The summed E-state index contributed by atoms with van der Waals surface area (Å²) in [4.78, 5) is 56.0. The molecule has 1 aromatic carbocycles. The van der Waals surface area contributed by atoms with Crippen LogP contribution in [0, 0.1) is 0 Å². The molecular weight excluding hydrogens is 390 g/mol. The van der Waals surface area contributed by atoms with Crippen molar-refractivity contribution < 1.29 is 48.0 Å². The second-order valence-corrected chi connectivity index (χ2v) is 5.36. The minimum Gasteiger partial charge on any atom is -0.466 e. The quantitative estimate of drug-likeness (QED) is 0.282. The van der Waals surface area contributed by atoms with Crippen molar-refractivity contribution in [3.05, 3.63) is 35.9 Å². The molecular formula is C18H19NO10. The number of rotatable bonds is 7. The van der Waals surface area contributed by atoms with E-state index in [0.29, 0.717) is 6.08 Å². The van der Waals surface area contributed by atoms with Gasteiger partial charge in [0.25, 0.3) is 0 Å². The first kappa shape index (κ1) is 23.3. The fourth-order valence-corrected chi connectivity index (χ4v) is 1.87. The van der Waals surface area contributed by atoms with Gasteiger partial charge in [-0.25, -0.2) is 14.4 Å². The number of nitrogens with one attached hydrogen (secondary N) is 1. The Morgan fingerprint density at radius 2 is 1.59 bits per heavy atom. The summed E-state index contributed by atoms with van der Waals surface area (Å²) < 4.78 is 18.5. The van der Waals surface area contributed by atoms with Crippen LogP contribution in [-0.2, 0) is 28.7 Å². The number of aliphatic hydroxyl groups excluding tert-OH is 1. The van der Waals surface area contributed by atoms with Gasteiger partial charge < -0.3 is 29.4 Å². The van der Waals surface area contributed by atoms with Crippen molar-refractivity contribution in [3.63, 3.8) is 0 Å². The average Bonchev–Trinajstić information content (AvgIpc) is 2.64. The van der Waals surface area contributed by atoms with Crippen molar-refractivity contribution >= 4 is 30.0 Å². The van der Waals surface area contributed by atoms with E-state index in [1.165, 1.54) is 18.2 Å². The van der Waals surface area contributed by atoms with Gasteiger partial charge in [0.15, 0.2) is 11.5 Å². The van der Waals surface area contributed by atoms with E-state index in [-0.39, 0.29) is 23.6 Å². The molecule has 0 aliphatic heterocycles. The molecule has 1 unspecified atom stereocenters. The Labute approximate surface area is 165 Å². The van der Waals surface area contributed by atoms with Crippen LogP contribution < -0.4 is 14.8 Å². The lowest BCUT2D eigenvalue weighted by Gasteiger charge is -2.15. The lowest BCUT2D eigenvalue weighted by molar-refractivity contribution is -0.136. The predicted octanol–water partition coefficient (Wildman–Crippen LogP) is 0.553. The van der Waals surface area contributed by atoms with Crippen LogP contribution in [0.3, 0.4) is 0 Å². The number of methoxy groups -OCH3 is 1. The van der Waals surface area contributed by atoms with Crippen LogP contribution in [-0.4, -0.2) is 48.7 Å². The first-order valence-electron chi connectivity index (χ1n) is 8.07. The Bertz CT molecular complexity index is 830. The number of ether oxygens (including phenoxy) is 4. The third-order valence-corrected chi connectivity index (χ3v) is 3.05. The average molecular weight is 409 g/mol. The van der Waals surface area contributed by atoms with Crippen LogP contribution in [0.5, 0.6) is 11.5 Å². The highest BCUT2D eigenvalue weighted by molar-refractivity contribution is 5.96. The summed E-state index contributed by atoms with van der Waals surface area (Å²) in [6, 6.07) is 3.94. The normalized spacial score (nSPS) is 11.3. The third-order valence-electron chi connectivity index (χ3n) is 3.05. The summed E-state index contributed by atoms with van der Waals surface area (Å²) in [5.74, 6) is -3.37. The fraction of sp³-hybridized carbons (Fsp3) is 0.278. The monoisotopic (exact) mass is 409 g/mol. The van der Waals surface area contributed by atoms with Crippen molar-refractivity contribution in [2.24, 2.45) is 0 Å². The second kappa shape index (κ2) is 11.2. The van der Waals surface area contributed by atoms with Gasteiger partial charge in [0.05, 0.1) is 19.8 Å². The van der Waals surface area contributed by atoms with Crippen molar-refractivity contribution in [3.8, 4) is 11.5 Å². The lowest BCUT2D eigenvalue weighted by atomic mass is 10.1. The standard InChI is InChI=1S/C18H19NO10/c1-10(20)27-14-5-4-12(8-15(14)28-11(2)21)13(22)9-19-18(25)29-17(24)7-6-16(23)26-3/h4-8,13,22H,9H2,1-3H3,(H,19,25). The van der Waals surface area contributed by atoms with Crippen LogP contribution in [0.2, 0.25) is 0 Å². The van der Waals surface area contributed by atoms with E-state index < -0.39 is 36.1 Å². The number of amides is 1. The molecule has 29 heavy (non-hydrogen) atoms. The van der Waals surface area contributed by atoms with E-state index in [1.54, 1.807) is 0 Å². The molecule has 156 valence electrons. The number of hydrogen-bond donors (Lipinski definition) is 2. The molecule has 0 radical (unpaired) electrons. The molecule has 0 aliphatic carbocycles. The largest absolute Gasteiger partial charge is 0.466 e. The summed E-state index contributed by atoms with van der Waals surface area (Å²) in [5.41, 5.74) is 0.217. The van der Waals surface area contributed by atoms with E-state index in [1.807, 2.05) is 0 Å². The van der Waals surface area contributed by atoms with E-state index in [4.69, 9.17) is 9.47 Å². The van der Waals surface area contributed by atoms with Gasteiger partial charge >= 0.3 is 30.0 Å². The van der Waals surface area contributed by atoms with Gasteiger partial charge in [-0.2, -0.15) is 0 Å². The molecule has 11 heteroatoms. The number of carbonyl (C=O) groups excluding carboxylic acids is 5. The number of benzene rings is 1. The highest BCUT2D eigenvalue weighted by Crippen LogP contribution is 2.31. The summed E-state index contributed by atoms with van der Waals surface area (Å²) in [5, 5.41) is 12.3. The van der Waals surface area contributed by atoms with Gasteiger partial charge in [-0.1, -0.05) is 6.07 Å². The second-order valence-electron chi connectivity index (χ2n) is 5.36. The molecule has 0 aromatic heterocycles. The van der Waals surface area contributed by atoms with E-state index in [2.05, 4.69) is 14.8 Å². The third kappa shape index (κ3) is 8.67. The maximum absolute atomic E-state index is 11.5. The van der Waals surface area contributed by atoms with Crippen LogP contribution in [0.25, 0.3) is 0 Å². The molecule has 1 aromatic rings. The van der Waals surface area contributed by atoms with Gasteiger partial charge in [0, 0.05) is 26.0 Å². The number of hydrogen-bond acceptors (Lipinski definition) is 10. The molecule has 0 fully saturated rings. The molecule has 0 saturated carbocycles. The zero-order valence-electron chi connectivity index (χ0n) is 15.8. The van der Waals surface area contributed by atoms with Gasteiger partial charge in [-0.05, 0) is 17.7 Å². The van der Waals surface area contributed by atoms with Gasteiger partial charge in [0.2, 0.25) is 0 Å². The zero-order valence-corrected chi connectivity index (χ0v) is 15.8. The van der Waals surface area contributed by atoms with Crippen LogP contribution >= 0.6 is 0 Å². The number of carbonyl (C=O) groups is 5. The van der Waals surface area contributed by atoms with E-state index >= 15 is 0 Å². The lowest BCUT2D eigenvalue weighted by Crippen LogP contribution is -2.30. The fourth-order valence-electron chi connectivity index (χ4n) is 1.87. The highest BCUT2D eigenvalue weighted by atomic mass is 16.6. The Kier molecular flexibility index (Phi) is 8.99. The van der Waals surface area contributed by atoms with Crippen molar-refractivity contribution in [1.29, 1.82) is 0 Å². The molecule has 11 nitrogen and oxygen atoms in total. The Morgan fingerprint density at radius 3 is 2.17 bits per heavy atom. The minimum atomic E-state index is -1.27. The van der Waals surface area contributed by atoms with Crippen molar-refractivity contribution in [1.82, 2.24) is 5.32 Å². The zero-order chi connectivity index (χ0) is 22.0. The Morgan fingerprint density at radius 1 is 1.00 bits per heavy atom. The molecule has 0 heterocycles. The smallest absolute Gasteiger partial charge is 0.415 e. The topological polar surface area (TPSA) is 155 Å². The number of esters is 4. The summed E-state index contributed by atoms with van der Waals surface area (Å²) in [6.07, 6.45) is -0.976. The molecule has 0 bridgehead atoms. The van der Waals surface area contributed by atoms with Crippen LogP contribution in [0.1, 0.15) is 25.5 Å². The molecule has 0 spiro atoms.